The average Bonchev–Trinajstić information content (AvgIpc) is 3.17. The predicted octanol–water partition coefficient (Wildman–Crippen LogP) is 4.28. The smallest absolute Gasteiger partial charge is 0.404 e. The first-order chi connectivity index (χ1) is 17.7. The Labute approximate surface area is 224 Å². The van der Waals surface area contributed by atoms with Gasteiger partial charge >= 0.3 is 6.09 Å². The quantitative estimate of drug-likeness (QED) is 0.256. The van der Waals surface area contributed by atoms with E-state index in [0.717, 1.165) is 16.4 Å². The second kappa shape index (κ2) is 12.3. The number of thiazole rings is 1. The molecule has 2 aromatic carbocycles. The van der Waals surface area contributed by atoms with E-state index < -0.39 is 46.4 Å². The van der Waals surface area contributed by atoms with Crippen molar-refractivity contribution in [3.63, 3.8) is 0 Å². The Morgan fingerprint density at radius 2 is 1.74 bits per heavy atom. The molecule has 0 saturated carbocycles. The minimum atomic E-state index is -4.11. The van der Waals surface area contributed by atoms with Gasteiger partial charge in [0.25, 0.3) is 0 Å². The number of nitrogens with zero attached hydrogens (tertiary/aromatic N) is 2. The Bertz CT molecular complexity index is 1360. The lowest BCUT2D eigenvalue weighted by Crippen LogP contribution is -2.50. The Morgan fingerprint density at radius 1 is 1.08 bits per heavy atom. The fourth-order valence-electron chi connectivity index (χ4n) is 3.96. The number of carboxylic acid groups (broad SMARTS) is 1. The lowest BCUT2D eigenvalue weighted by Gasteiger charge is -2.30. The average molecular weight is 571 g/mol. The van der Waals surface area contributed by atoms with Gasteiger partial charge in [0.15, 0.2) is 5.13 Å². The highest BCUT2D eigenvalue weighted by Gasteiger charge is 2.32. The summed E-state index contributed by atoms with van der Waals surface area (Å²) in [7, 11) is -4.11. The van der Waals surface area contributed by atoms with Crippen LogP contribution >= 0.6 is 11.3 Å². The summed E-state index contributed by atoms with van der Waals surface area (Å²) in [6.07, 6.45) is -3.23. The maximum absolute atomic E-state index is 13.7. The molecule has 0 unspecified atom stereocenters. The molecule has 1 amide bonds. The number of aliphatic hydroxyl groups is 1. The number of anilines is 1. The number of fused-ring (bicyclic) bond motifs is 1. The zero-order valence-electron chi connectivity index (χ0n) is 21.5. The van der Waals surface area contributed by atoms with Crippen LogP contribution in [0.3, 0.4) is 0 Å². The molecule has 0 saturated heterocycles. The second-order valence-electron chi connectivity index (χ2n) is 9.77. The summed E-state index contributed by atoms with van der Waals surface area (Å²) < 4.78 is 56.5. The second-order valence-corrected chi connectivity index (χ2v) is 12.7. The zero-order chi connectivity index (χ0) is 28.2. The molecule has 1 aromatic heterocycles. The molecule has 3 aromatic rings. The van der Waals surface area contributed by atoms with Crippen molar-refractivity contribution in [3.8, 4) is 0 Å². The van der Waals surface area contributed by atoms with E-state index in [1.54, 1.807) is 6.07 Å². The van der Waals surface area contributed by atoms with Crippen LogP contribution < -0.4 is 10.6 Å². The Morgan fingerprint density at radius 3 is 2.32 bits per heavy atom. The molecule has 208 valence electrons. The molecule has 2 atom stereocenters. The molecule has 0 radical (unpaired) electrons. The fourth-order valence-corrected chi connectivity index (χ4v) is 6.74. The number of halogens is 2. The van der Waals surface area contributed by atoms with Crippen molar-refractivity contribution in [1.82, 2.24) is 14.6 Å². The third-order valence-corrected chi connectivity index (χ3v) is 8.30. The molecule has 0 spiro atoms. The van der Waals surface area contributed by atoms with E-state index >= 15 is 0 Å². The minimum absolute atomic E-state index is 0.00698. The van der Waals surface area contributed by atoms with Crippen molar-refractivity contribution in [2.45, 2.75) is 57.2 Å². The summed E-state index contributed by atoms with van der Waals surface area (Å²) in [4.78, 5) is 15.9. The van der Waals surface area contributed by atoms with Crippen LogP contribution in [0.1, 0.15) is 33.3 Å². The lowest BCUT2D eigenvalue weighted by molar-refractivity contribution is 0.0980. The monoisotopic (exact) mass is 570 g/mol. The number of carbonyl (C=O) groups is 1. The predicted molar refractivity (Wildman–Crippen MR) is 143 cm³/mol. The van der Waals surface area contributed by atoms with Crippen molar-refractivity contribution in [3.05, 3.63) is 53.6 Å². The number of aromatic nitrogens is 1. The third kappa shape index (κ3) is 7.82. The van der Waals surface area contributed by atoms with Crippen LogP contribution in [0.15, 0.2) is 41.3 Å². The van der Waals surface area contributed by atoms with E-state index in [0.29, 0.717) is 21.4 Å². The zero-order valence-corrected chi connectivity index (χ0v) is 23.1. The first-order valence-corrected chi connectivity index (χ1v) is 14.3. The van der Waals surface area contributed by atoms with E-state index in [-0.39, 0.29) is 35.4 Å². The number of sulfonamides is 1. The van der Waals surface area contributed by atoms with Crippen LogP contribution in [0, 0.1) is 17.6 Å². The number of benzene rings is 2. The summed E-state index contributed by atoms with van der Waals surface area (Å²) in [6, 6.07) is 6.24. The summed E-state index contributed by atoms with van der Waals surface area (Å²) in [6.45, 7) is 7.17. The maximum atomic E-state index is 13.7. The van der Waals surface area contributed by atoms with Gasteiger partial charge in [0.1, 0.15) is 11.6 Å². The summed E-state index contributed by atoms with van der Waals surface area (Å²) in [5, 5.41) is 26.3. The standard InChI is InChI=1S/C25H32F2N4O5S2/c1-14(2)12-31(13-22(32)21(30-25(33)34)9-16-7-17(26)10-18(27)8-16)38(35,36)19-5-6-20-23(11-19)37-24(29-20)28-15(3)4/h5-8,10-11,14-15,21-22,30,32H,9,12-13H2,1-4H3,(H,28,29)(H,33,34)/t21-,22+/m0/s1. The van der Waals surface area contributed by atoms with Gasteiger partial charge in [-0.3, -0.25) is 0 Å². The van der Waals surface area contributed by atoms with Gasteiger partial charge < -0.3 is 20.8 Å². The molecular weight excluding hydrogens is 538 g/mol. The molecule has 13 heteroatoms. The van der Waals surface area contributed by atoms with Gasteiger partial charge in [-0.2, -0.15) is 4.31 Å². The molecule has 0 aliphatic carbocycles. The van der Waals surface area contributed by atoms with Crippen molar-refractivity contribution in [2.75, 3.05) is 18.4 Å². The number of amides is 1. The minimum Gasteiger partial charge on any atom is -0.465 e. The number of hydrogen-bond donors (Lipinski definition) is 4. The molecule has 3 rings (SSSR count). The lowest BCUT2D eigenvalue weighted by atomic mass is 10.0. The Kier molecular flexibility index (Phi) is 9.63. The molecule has 9 nitrogen and oxygen atoms in total. The largest absolute Gasteiger partial charge is 0.465 e. The Hall–Kier alpha value is -2.87. The van der Waals surface area contributed by atoms with E-state index in [9.17, 15) is 32.2 Å². The van der Waals surface area contributed by atoms with Crippen LogP contribution in [0.5, 0.6) is 0 Å². The van der Waals surface area contributed by atoms with Gasteiger partial charge in [0.05, 0.1) is 27.3 Å². The van der Waals surface area contributed by atoms with E-state index in [2.05, 4.69) is 15.6 Å². The highest BCUT2D eigenvalue weighted by atomic mass is 32.2. The number of hydrogen-bond acceptors (Lipinski definition) is 7. The molecule has 38 heavy (non-hydrogen) atoms. The molecule has 4 N–H and O–H groups in total. The normalized spacial score (nSPS) is 13.8. The van der Waals surface area contributed by atoms with Crippen LogP contribution in [-0.4, -0.2) is 65.3 Å². The summed E-state index contributed by atoms with van der Waals surface area (Å²) in [5.41, 5.74) is 0.751. The van der Waals surface area contributed by atoms with Crippen LogP contribution in [0.2, 0.25) is 0 Å². The van der Waals surface area contributed by atoms with Crippen LogP contribution in [-0.2, 0) is 16.4 Å². The van der Waals surface area contributed by atoms with Gasteiger partial charge in [-0.15, -0.1) is 0 Å². The van der Waals surface area contributed by atoms with E-state index in [1.165, 1.54) is 23.5 Å². The first-order valence-electron chi connectivity index (χ1n) is 12.0. The van der Waals surface area contributed by atoms with Crippen molar-refractivity contribution in [1.29, 1.82) is 0 Å². The highest BCUT2D eigenvalue weighted by Crippen LogP contribution is 2.30. The van der Waals surface area contributed by atoms with Crippen molar-refractivity contribution >= 4 is 42.8 Å². The number of nitrogens with one attached hydrogen (secondary N) is 2. The summed E-state index contributed by atoms with van der Waals surface area (Å²) >= 11 is 1.32. The van der Waals surface area contributed by atoms with Crippen molar-refractivity contribution < 1.29 is 32.2 Å². The number of aliphatic hydroxyl groups excluding tert-OH is 1. The van der Waals surface area contributed by atoms with Crippen LogP contribution in [0.4, 0.5) is 18.7 Å². The van der Waals surface area contributed by atoms with Gasteiger partial charge in [0.2, 0.25) is 10.0 Å². The third-order valence-electron chi connectivity index (χ3n) is 5.52. The summed E-state index contributed by atoms with van der Waals surface area (Å²) in [5.74, 6) is -1.82. The van der Waals surface area contributed by atoms with Crippen molar-refractivity contribution in [2.24, 2.45) is 5.92 Å². The van der Waals surface area contributed by atoms with Gasteiger partial charge in [-0.1, -0.05) is 25.2 Å². The SMILES string of the molecule is CC(C)CN(C[C@@H](O)[C@H](Cc1cc(F)cc(F)c1)NC(=O)O)S(=O)(=O)c1ccc2nc(NC(C)C)sc2c1. The molecule has 0 aliphatic heterocycles. The molecule has 0 bridgehead atoms. The molecule has 1 heterocycles. The highest BCUT2D eigenvalue weighted by molar-refractivity contribution is 7.89. The first kappa shape index (κ1) is 29.7. The molecular formula is C25H32F2N4O5S2. The molecule has 0 aliphatic rings. The topological polar surface area (TPSA) is 132 Å². The maximum Gasteiger partial charge on any atom is 0.404 e. The Balaban J connectivity index is 1.90. The van der Waals surface area contributed by atoms with Gasteiger partial charge in [0, 0.05) is 25.2 Å². The van der Waals surface area contributed by atoms with E-state index in [4.69, 9.17) is 0 Å². The van der Waals surface area contributed by atoms with E-state index in [1.807, 2.05) is 27.7 Å². The van der Waals surface area contributed by atoms with Gasteiger partial charge in [-0.25, -0.2) is 27.0 Å². The molecule has 0 fully saturated rings. The fraction of sp³-hybridized carbons (Fsp3) is 0.440. The van der Waals surface area contributed by atoms with Crippen LogP contribution in [0.25, 0.3) is 10.2 Å². The number of rotatable bonds is 12. The van der Waals surface area contributed by atoms with Gasteiger partial charge in [-0.05, 0) is 62.1 Å².